The van der Waals surface area contributed by atoms with Crippen molar-refractivity contribution in [3.63, 3.8) is 0 Å². The van der Waals surface area contributed by atoms with E-state index in [1.54, 1.807) is 0 Å². The molecule has 0 spiro atoms. The fraction of sp³-hybridized carbons (Fsp3) is 0.800. The Hall–Kier alpha value is -1.58. The summed E-state index contributed by atoms with van der Waals surface area (Å²) in [6.07, 6.45) is 33.7. The average molecular weight is 481 g/mol. The molecule has 0 aliphatic rings. The van der Waals surface area contributed by atoms with Gasteiger partial charge in [-0.2, -0.15) is 0 Å². The topological polar surface area (TPSA) is 74.6 Å². The molecule has 0 radical (unpaired) electrons. The van der Waals surface area contributed by atoms with Gasteiger partial charge in [0.15, 0.2) is 0 Å². The molecule has 4 heteroatoms. The zero-order valence-corrected chi connectivity index (χ0v) is 22.6. The Balaban J connectivity index is 0. The van der Waals surface area contributed by atoms with Gasteiger partial charge in [-0.05, 0) is 57.8 Å². The highest BCUT2D eigenvalue weighted by Gasteiger charge is 1.96. The van der Waals surface area contributed by atoms with E-state index in [-0.39, 0.29) is 0 Å². The van der Waals surface area contributed by atoms with Crippen LogP contribution in [0.4, 0.5) is 0 Å². The Morgan fingerprint density at radius 1 is 0.441 bits per heavy atom. The Kier molecular flexibility index (Phi) is 32.0. The molecule has 0 heterocycles. The predicted octanol–water partition coefficient (Wildman–Crippen LogP) is 9.88. The van der Waals surface area contributed by atoms with Crippen molar-refractivity contribution in [2.24, 2.45) is 0 Å². The van der Waals surface area contributed by atoms with Crippen molar-refractivity contribution >= 4 is 11.9 Å². The molecular formula is C30H56O4. The largest absolute Gasteiger partial charge is 0.481 e. The van der Waals surface area contributed by atoms with Gasteiger partial charge < -0.3 is 10.2 Å². The molecule has 2 N–H and O–H groups in total. The van der Waals surface area contributed by atoms with Gasteiger partial charge in [0, 0.05) is 12.8 Å². The monoisotopic (exact) mass is 480 g/mol. The normalized spacial score (nSPS) is 11.1. The Labute approximate surface area is 211 Å². The van der Waals surface area contributed by atoms with Crippen molar-refractivity contribution in [3.8, 4) is 0 Å². The summed E-state index contributed by atoms with van der Waals surface area (Å²) in [4.78, 5) is 20.5. The number of rotatable bonds is 24. The number of allylic oxidation sites excluding steroid dienone is 4. The summed E-state index contributed by atoms with van der Waals surface area (Å²) in [5.74, 6) is -1.33. The molecule has 0 saturated heterocycles. The molecule has 0 bridgehead atoms. The van der Waals surface area contributed by atoms with Crippen molar-refractivity contribution in [1.29, 1.82) is 0 Å². The van der Waals surface area contributed by atoms with Crippen molar-refractivity contribution < 1.29 is 19.8 Å². The summed E-state index contributed by atoms with van der Waals surface area (Å²) in [6, 6.07) is 0. The minimum Gasteiger partial charge on any atom is -0.481 e. The first kappa shape index (κ1) is 34.6. The fourth-order valence-corrected chi connectivity index (χ4v) is 3.62. The maximum Gasteiger partial charge on any atom is 0.303 e. The van der Waals surface area contributed by atoms with Crippen LogP contribution in [0.5, 0.6) is 0 Å². The molecule has 0 aliphatic carbocycles. The van der Waals surface area contributed by atoms with Crippen molar-refractivity contribution in [2.75, 3.05) is 0 Å². The van der Waals surface area contributed by atoms with Crippen LogP contribution >= 0.6 is 0 Å². The van der Waals surface area contributed by atoms with Crippen LogP contribution in [0, 0.1) is 0 Å². The van der Waals surface area contributed by atoms with Crippen LogP contribution in [0.1, 0.15) is 155 Å². The number of carbonyl (C=O) groups is 2. The van der Waals surface area contributed by atoms with Crippen LogP contribution in [0.25, 0.3) is 0 Å². The SMILES string of the molecule is CCCC/C=C\CCCCCCCC(=O)O.CCCCCC/C=C\CCCCCCCC(=O)O. The van der Waals surface area contributed by atoms with Crippen LogP contribution in [0.2, 0.25) is 0 Å². The highest BCUT2D eigenvalue weighted by atomic mass is 16.4. The van der Waals surface area contributed by atoms with E-state index in [0.29, 0.717) is 12.8 Å². The highest BCUT2D eigenvalue weighted by Crippen LogP contribution is 2.09. The molecule has 0 rings (SSSR count). The van der Waals surface area contributed by atoms with E-state index in [2.05, 4.69) is 38.2 Å². The van der Waals surface area contributed by atoms with E-state index in [1.165, 1.54) is 103 Å². The molecule has 0 amide bonds. The maximum absolute atomic E-state index is 10.3. The molecule has 0 unspecified atom stereocenters. The van der Waals surface area contributed by atoms with Crippen LogP contribution in [-0.2, 0) is 9.59 Å². The molecular weight excluding hydrogens is 424 g/mol. The second kappa shape index (κ2) is 31.4. The minimum absolute atomic E-state index is 0.330. The smallest absolute Gasteiger partial charge is 0.303 e. The van der Waals surface area contributed by atoms with E-state index >= 15 is 0 Å². The van der Waals surface area contributed by atoms with Crippen LogP contribution in [-0.4, -0.2) is 22.2 Å². The van der Waals surface area contributed by atoms with Crippen LogP contribution < -0.4 is 0 Å². The third kappa shape index (κ3) is 37.7. The molecule has 4 nitrogen and oxygen atoms in total. The van der Waals surface area contributed by atoms with E-state index in [0.717, 1.165) is 25.7 Å². The summed E-state index contributed by atoms with van der Waals surface area (Å²) in [5, 5.41) is 16.9. The molecule has 0 atom stereocenters. The summed E-state index contributed by atoms with van der Waals surface area (Å²) in [6.45, 7) is 4.46. The number of hydrogen-bond donors (Lipinski definition) is 2. The summed E-state index contributed by atoms with van der Waals surface area (Å²) >= 11 is 0. The zero-order valence-electron chi connectivity index (χ0n) is 22.6. The third-order valence-electron chi connectivity index (χ3n) is 5.80. The Morgan fingerprint density at radius 3 is 1.09 bits per heavy atom. The van der Waals surface area contributed by atoms with Crippen molar-refractivity contribution in [1.82, 2.24) is 0 Å². The van der Waals surface area contributed by atoms with E-state index in [1.807, 2.05) is 0 Å². The number of carboxylic acids is 2. The number of carboxylic acid groups (broad SMARTS) is 2. The molecule has 0 fully saturated rings. The lowest BCUT2D eigenvalue weighted by Crippen LogP contribution is -1.93. The summed E-state index contributed by atoms with van der Waals surface area (Å²) < 4.78 is 0. The summed E-state index contributed by atoms with van der Waals surface area (Å²) in [5.41, 5.74) is 0. The minimum atomic E-state index is -0.668. The van der Waals surface area contributed by atoms with Gasteiger partial charge in [-0.3, -0.25) is 9.59 Å². The molecule has 0 aromatic rings. The lowest BCUT2D eigenvalue weighted by molar-refractivity contribution is -0.138. The van der Waals surface area contributed by atoms with Crippen LogP contribution in [0.15, 0.2) is 24.3 Å². The average Bonchev–Trinajstić information content (AvgIpc) is 2.80. The fourth-order valence-electron chi connectivity index (χ4n) is 3.62. The van der Waals surface area contributed by atoms with Gasteiger partial charge in [0.05, 0.1) is 0 Å². The quantitative estimate of drug-likeness (QED) is 0.106. The molecule has 0 aliphatic heterocycles. The summed E-state index contributed by atoms with van der Waals surface area (Å²) in [7, 11) is 0. The Bertz CT molecular complexity index is 482. The van der Waals surface area contributed by atoms with E-state index in [9.17, 15) is 9.59 Å². The van der Waals surface area contributed by atoms with Gasteiger partial charge >= 0.3 is 11.9 Å². The predicted molar refractivity (Wildman–Crippen MR) is 146 cm³/mol. The molecule has 0 aromatic heterocycles. The van der Waals surface area contributed by atoms with Gasteiger partial charge in [0.2, 0.25) is 0 Å². The van der Waals surface area contributed by atoms with Gasteiger partial charge in [0.1, 0.15) is 0 Å². The number of hydrogen-bond acceptors (Lipinski definition) is 2. The zero-order chi connectivity index (χ0) is 25.5. The van der Waals surface area contributed by atoms with Crippen LogP contribution in [0.3, 0.4) is 0 Å². The first-order valence-electron chi connectivity index (χ1n) is 14.3. The molecule has 34 heavy (non-hydrogen) atoms. The lowest BCUT2D eigenvalue weighted by atomic mass is 10.1. The maximum atomic E-state index is 10.3. The van der Waals surface area contributed by atoms with Gasteiger partial charge in [-0.15, -0.1) is 0 Å². The second-order valence-electron chi connectivity index (χ2n) is 9.33. The van der Waals surface area contributed by atoms with E-state index < -0.39 is 11.9 Å². The molecule has 0 saturated carbocycles. The van der Waals surface area contributed by atoms with Gasteiger partial charge in [-0.1, -0.05) is 109 Å². The van der Waals surface area contributed by atoms with Gasteiger partial charge in [-0.25, -0.2) is 0 Å². The third-order valence-corrected chi connectivity index (χ3v) is 5.80. The van der Waals surface area contributed by atoms with Gasteiger partial charge in [0.25, 0.3) is 0 Å². The Morgan fingerprint density at radius 2 is 0.735 bits per heavy atom. The highest BCUT2D eigenvalue weighted by molar-refractivity contribution is 5.66. The number of aliphatic carboxylic acids is 2. The first-order valence-corrected chi connectivity index (χ1v) is 14.3. The second-order valence-corrected chi connectivity index (χ2v) is 9.33. The number of unbranched alkanes of at least 4 members (excludes halogenated alkanes) is 16. The molecule has 0 aromatic carbocycles. The molecule has 200 valence electrons. The lowest BCUT2D eigenvalue weighted by Gasteiger charge is -1.98. The first-order chi connectivity index (χ1) is 16.5. The standard InChI is InChI=1S/C16H30O2.C14H26O2/c1-2-3-4-5-6-7-8-9-10-11-12-13-14-15-16(17)18;1-2-3-4-5-6-7-8-9-10-11-12-13-14(15)16/h7-8H,2-6,9-15H2,1H3,(H,17,18);5-6H,2-4,7-13H2,1H3,(H,15,16)/b8-7-;6-5-. The van der Waals surface area contributed by atoms with E-state index in [4.69, 9.17) is 10.2 Å². The van der Waals surface area contributed by atoms with Crippen molar-refractivity contribution in [3.05, 3.63) is 24.3 Å². The van der Waals surface area contributed by atoms with Crippen molar-refractivity contribution in [2.45, 2.75) is 155 Å².